The predicted molar refractivity (Wildman–Crippen MR) is 136 cm³/mol. The van der Waals surface area contributed by atoms with Gasteiger partial charge in [0.05, 0.1) is 33.0 Å². The first-order chi connectivity index (χ1) is 17.8. The van der Waals surface area contributed by atoms with Crippen LogP contribution in [0.5, 0.6) is 0 Å². The van der Waals surface area contributed by atoms with E-state index < -0.39 is 53.7 Å². The van der Waals surface area contributed by atoms with Gasteiger partial charge in [-0.2, -0.15) is 8.78 Å². The van der Waals surface area contributed by atoms with Gasteiger partial charge in [0, 0.05) is 0 Å². The first kappa shape index (κ1) is 30.0. The Morgan fingerprint density at radius 1 is 0.973 bits per heavy atom. The van der Waals surface area contributed by atoms with Gasteiger partial charge < -0.3 is 32.8 Å². The predicted octanol–water partition coefficient (Wildman–Crippen LogP) is 4.25. The molecule has 0 aromatic heterocycles. The van der Waals surface area contributed by atoms with Crippen molar-refractivity contribution in [3.05, 3.63) is 71.8 Å². The van der Waals surface area contributed by atoms with Crippen molar-refractivity contribution in [1.29, 1.82) is 0 Å². The van der Waals surface area contributed by atoms with Crippen LogP contribution in [0.25, 0.3) is 0 Å². The minimum atomic E-state index is -5.12. The molecule has 0 amide bonds. The number of ether oxygens (including phenoxy) is 3. The van der Waals surface area contributed by atoms with Gasteiger partial charge in [0.2, 0.25) is 0 Å². The maximum Gasteiger partial charge on any atom is 0.405 e. The summed E-state index contributed by atoms with van der Waals surface area (Å²) in [6, 6.07) is 18.1. The number of aliphatic hydroxyl groups is 1. The molecule has 8 nitrogen and oxygen atoms in total. The maximum absolute atomic E-state index is 16.5. The summed E-state index contributed by atoms with van der Waals surface area (Å²) in [5, 5.41) is 10.1. The fourth-order valence-electron chi connectivity index (χ4n) is 4.23. The van der Waals surface area contributed by atoms with E-state index in [1.165, 1.54) is 13.8 Å². The number of benzene rings is 2. The van der Waals surface area contributed by atoms with Crippen molar-refractivity contribution < 1.29 is 46.1 Å². The van der Waals surface area contributed by atoms with Crippen LogP contribution >= 0.6 is 7.60 Å². The van der Waals surface area contributed by atoms with Crippen LogP contribution in [-0.4, -0.2) is 64.5 Å². The Kier molecular flexibility index (Phi) is 11.0. The Bertz CT molecular complexity index is 993. The summed E-state index contributed by atoms with van der Waals surface area (Å²) in [4.78, 5) is 0. The molecular weight excluding hydrogens is 525 g/mol. The van der Waals surface area contributed by atoms with Gasteiger partial charge in [0.25, 0.3) is 5.79 Å². The normalized spacial score (nSPS) is 24.8. The van der Waals surface area contributed by atoms with Crippen LogP contribution in [0, 0.1) is 0 Å². The molecular formula is C25H35F2O8PSi. The Hall–Kier alpha value is -1.53. The largest absolute Gasteiger partial charge is 0.405 e. The number of aliphatic hydroxyl groups excluding tert-OH is 1. The van der Waals surface area contributed by atoms with Crippen LogP contribution in [-0.2, 0) is 45.5 Å². The maximum atomic E-state index is 16.5. The molecule has 3 rings (SSSR count). The van der Waals surface area contributed by atoms with E-state index in [2.05, 4.69) is 0 Å². The zero-order valence-electron chi connectivity index (χ0n) is 21.3. The van der Waals surface area contributed by atoms with E-state index in [0.717, 1.165) is 5.56 Å². The second-order valence-electron chi connectivity index (χ2n) is 8.29. The first-order valence-electron chi connectivity index (χ1n) is 12.3. The molecule has 1 aliphatic rings. The Morgan fingerprint density at radius 3 is 1.95 bits per heavy atom. The average Bonchev–Trinajstić information content (AvgIpc) is 3.21. The van der Waals surface area contributed by atoms with Crippen molar-refractivity contribution in [2.24, 2.45) is 0 Å². The van der Waals surface area contributed by atoms with Gasteiger partial charge in [-0.3, -0.25) is 4.57 Å². The second kappa shape index (κ2) is 13.5. The van der Waals surface area contributed by atoms with Crippen molar-refractivity contribution >= 4 is 17.4 Å². The van der Waals surface area contributed by atoms with Crippen molar-refractivity contribution in [3.8, 4) is 0 Å². The smallest absolute Gasteiger partial charge is 0.394 e. The van der Waals surface area contributed by atoms with Crippen LogP contribution in [0.1, 0.15) is 25.0 Å². The highest BCUT2D eigenvalue weighted by molar-refractivity contribution is 7.55. The highest BCUT2D eigenvalue weighted by Crippen LogP contribution is 2.69. The molecule has 0 aliphatic carbocycles. The van der Waals surface area contributed by atoms with Crippen LogP contribution in [0.3, 0.4) is 0 Å². The molecule has 1 heterocycles. The molecule has 0 saturated carbocycles. The highest BCUT2D eigenvalue weighted by atomic mass is 31.2. The van der Waals surface area contributed by atoms with E-state index in [1.54, 1.807) is 30.8 Å². The van der Waals surface area contributed by atoms with E-state index in [0.29, 0.717) is 5.56 Å². The van der Waals surface area contributed by atoms with Gasteiger partial charge in [0.15, 0.2) is 9.76 Å². The minimum Gasteiger partial charge on any atom is -0.394 e. The van der Waals surface area contributed by atoms with Gasteiger partial charge in [-0.15, -0.1) is 0 Å². The Morgan fingerprint density at radius 2 is 1.49 bits per heavy atom. The van der Waals surface area contributed by atoms with E-state index in [4.69, 9.17) is 27.7 Å². The van der Waals surface area contributed by atoms with E-state index >= 15 is 8.78 Å². The average molecular weight is 561 g/mol. The number of alkyl halides is 2. The molecule has 4 atom stereocenters. The van der Waals surface area contributed by atoms with Crippen molar-refractivity contribution in [1.82, 2.24) is 0 Å². The lowest BCUT2D eigenvalue weighted by molar-refractivity contribution is -0.304. The molecule has 12 heteroatoms. The zero-order valence-corrected chi connectivity index (χ0v) is 23.6. The molecule has 1 fully saturated rings. The summed E-state index contributed by atoms with van der Waals surface area (Å²) in [6.45, 7) is 3.21. The van der Waals surface area contributed by atoms with Crippen LogP contribution in [0.15, 0.2) is 60.7 Å². The van der Waals surface area contributed by atoms with E-state index in [9.17, 15) is 9.67 Å². The van der Waals surface area contributed by atoms with Gasteiger partial charge in [-0.1, -0.05) is 67.2 Å². The minimum absolute atomic E-state index is 0.0380. The first-order valence-corrected chi connectivity index (χ1v) is 15.8. The topological polar surface area (TPSA) is 92.7 Å². The molecule has 1 saturated heterocycles. The second-order valence-corrected chi connectivity index (χ2v) is 11.2. The molecule has 206 valence electrons. The van der Waals surface area contributed by atoms with Crippen molar-refractivity contribution in [3.63, 3.8) is 0 Å². The third-order valence-electron chi connectivity index (χ3n) is 5.82. The standard InChI is InChI=1S/C25H35F2O8PSi/c1-4-32-36(29,33-5-2)25(26,27)24(35-37-3)23(31-18-20-14-10-7-11-15-20)22(21(16-28)34-24)30-17-19-12-8-6-9-13-19/h6-15,21-23,28H,4-5,16-18,37H2,1-3H3/t21-,22-,23+,24+/m1/s1. The monoisotopic (exact) mass is 560 g/mol. The van der Waals surface area contributed by atoms with Crippen LogP contribution in [0.4, 0.5) is 8.78 Å². The molecule has 1 aliphatic heterocycles. The molecule has 1 N–H and O–H groups in total. The lowest BCUT2D eigenvalue weighted by atomic mass is 10.0. The van der Waals surface area contributed by atoms with Crippen molar-refractivity contribution in [2.45, 2.75) is 63.4 Å². The van der Waals surface area contributed by atoms with Gasteiger partial charge >= 0.3 is 13.3 Å². The molecule has 2 aromatic rings. The molecule has 0 radical (unpaired) electrons. The fraction of sp³-hybridized carbons (Fsp3) is 0.520. The lowest BCUT2D eigenvalue weighted by Gasteiger charge is -2.42. The van der Waals surface area contributed by atoms with Crippen molar-refractivity contribution in [2.75, 3.05) is 19.8 Å². The summed E-state index contributed by atoms with van der Waals surface area (Å²) in [7, 11) is -6.74. The number of hydrogen-bond acceptors (Lipinski definition) is 8. The molecule has 2 aromatic carbocycles. The Labute approximate surface area is 218 Å². The quantitative estimate of drug-likeness (QED) is 0.255. The Balaban J connectivity index is 2.07. The summed E-state index contributed by atoms with van der Waals surface area (Å²) in [6.07, 6.45) is -4.02. The number of hydrogen-bond donors (Lipinski definition) is 1. The SMILES string of the molecule is CCOP(=O)(OCC)C(F)(F)[C@]1(O[SiH2]C)O[C@H](CO)[C@@H](OCc2ccccc2)[C@@H]1OCc1ccccc1. The lowest BCUT2D eigenvalue weighted by Crippen LogP contribution is -2.60. The number of halogens is 2. The zero-order chi connectivity index (χ0) is 26.9. The highest BCUT2D eigenvalue weighted by Gasteiger charge is 2.77. The summed E-state index contributed by atoms with van der Waals surface area (Å²) >= 11 is 0. The molecule has 37 heavy (non-hydrogen) atoms. The van der Waals surface area contributed by atoms with Crippen LogP contribution in [0.2, 0.25) is 6.55 Å². The van der Waals surface area contributed by atoms with E-state index in [1.807, 2.05) is 36.4 Å². The summed E-state index contributed by atoms with van der Waals surface area (Å²) in [5.74, 6) is -2.88. The third kappa shape index (κ3) is 6.38. The van der Waals surface area contributed by atoms with Gasteiger partial charge in [0.1, 0.15) is 18.3 Å². The van der Waals surface area contributed by atoms with Crippen LogP contribution < -0.4 is 0 Å². The molecule has 0 unspecified atom stereocenters. The summed E-state index contributed by atoms with van der Waals surface area (Å²) in [5.41, 5.74) is -2.81. The fourth-order valence-corrected chi connectivity index (χ4v) is 6.90. The molecule has 0 spiro atoms. The van der Waals surface area contributed by atoms with Gasteiger partial charge in [-0.25, -0.2) is 0 Å². The number of rotatable bonds is 15. The molecule has 0 bridgehead atoms. The van der Waals surface area contributed by atoms with Gasteiger partial charge in [-0.05, 0) is 25.0 Å². The van der Waals surface area contributed by atoms with E-state index in [-0.39, 0.29) is 26.4 Å². The summed E-state index contributed by atoms with van der Waals surface area (Å²) < 4.78 is 80.1. The third-order valence-corrected chi connectivity index (χ3v) is 8.74.